The summed E-state index contributed by atoms with van der Waals surface area (Å²) < 4.78 is 0. The summed E-state index contributed by atoms with van der Waals surface area (Å²) in [6.45, 7) is 5.45. The maximum atomic E-state index is 12.1. The first-order chi connectivity index (χ1) is 13.3. The van der Waals surface area contributed by atoms with E-state index in [1.165, 1.54) is 5.57 Å². The third-order valence-corrected chi connectivity index (χ3v) is 5.57. The minimum absolute atomic E-state index is 0.00228. The van der Waals surface area contributed by atoms with Gasteiger partial charge < -0.3 is 10.6 Å². The summed E-state index contributed by atoms with van der Waals surface area (Å²) in [7, 11) is 4.09. The molecule has 0 spiro atoms. The van der Waals surface area contributed by atoms with Crippen molar-refractivity contribution in [2.45, 2.75) is 45.4 Å². The van der Waals surface area contributed by atoms with E-state index in [0.29, 0.717) is 16.8 Å². The topological polar surface area (TPSA) is 101 Å². The summed E-state index contributed by atoms with van der Waals surface area (Å²) in [6, 6.07) is 5.91. The summed E-state index contributed by atoms with van der Waals surface area (Å²) in [5.74, 6) is 0.275. The lowest BCUT2D eigenvalue weighted by Crippen LogP contribution is -2.19. The predicted octanol–water partition coefficient (Wildman–Crippen LogP) is 2.98. The minimum Gasteiger partial charge on any atom is -0.366 e. The van der Waals surface area contributed by atoms with Crippen LogP contribution in [0, 0.1) is 5.41 Å². The third kappa shape index (κ3) is 4.65. The molecule has 0 saturated heterocycles. The number of tetrazole rings is 1. The number of carbonyl (C=O) groups excluding carboxylic acids is 1. The highest BCUT2D eigenvalue weighted by molar-refractivity contribution is 5.98. The molecule has 7 heteroatoms. The first-order valence-electron chi connectivity index (χ1n) is 9.78. The number of nitrogens with zero attached hydrogens (tertiary/aromatic N) is 4. The lowest BCUT2D eigenvalue weighted by Gasteiger charge is -2.29. The monoisotopic (exact) mass is 382 g/mol. The molecular formula is C21H30N6O. The number of benzene rings is 1. The molecule has 0 radical (unpaired) electrons. The van der Waals surface area contributed by atoms with Crippen molar-refractivity contribution >= 4 is 11.5 Å². The van der Waals surface area contributed by atoms with E-state index in [2.05, 4.69) is 51.5 Å². The number of H-pyrrole nitrogens is 1. The fourth-order valence-electron chi connectivity index (χ4n) is 3.73. The minimum atomic E-state index is -0.392. The van der Waals surface area contributed by atoms with E-state index in [1.54, 1.807) is 0 Å². The molecule has 1 aromatic heterocycles. The second-order valence-corrected chi connectivity index (χ2v) is 8.68. The van der Waals surface area contributed by atoms with E-state index in [0.717, 1.165) is 43.4 Å². The molecule has 0 bridgehead atoms. The molecule has 0 saturated carbocycles. The summed E-state index contributed by atoms with van der Waals surface area (Å²) in [4.78, 5) is 14.2. The van der Waals surface area contributed by atoms with Crippen LogP contribution in [0.3, 0.4) is 0 Å². The number of hydrogen-bond acceptors (Lipinski definition) is 5. The van der Waals surface area contributed by atoms with Gasteiger partial charge in [-0.1, -0.05) is 31.2 Å². The van der Waals surface area contributed by atoms with Crippen LogP contribution in [0.1, 0.15) is 72.8 Å². The van der Waals surface area contributed by atoms with Crippen LogP contribution in [0.15, 0.2) is 24.3 Å². The number of hydrogen-bond donors (Lipinski definition) is 2. The van der Waals surface area contributed by atoms with Gasteiger partial charge in [-0.25, -0.2) is 0 Å². The highest BCUT2D eigenvalue weighted by Gasteiger charge is 2.26. The van der Waals surface area contributed by atoms with Gasteiger partial charge in [0, 0.05) is 11.5 Å². The Kier molecular flexibility index (Phi) is 5.93. The zero-order valence-corrected chi connectivity index (χ0v) is 17.2. The van der Waals surface area contributed by atoms with Gasteiger partial charge in [-0.15, -0.1) is 10.2 Å². The number of aromatic amines is 1. The van der Waals surface area contributed by atoms with Crippen LogP contribution in [0.4, 0.5) is 0 Å². The second-order valence-electron chi connectivity index (χ2n) is 8.68. The summed E-state index contributed by atoms with van der Waals surface area (Å²) in [6.07, 6.45) is 6.16. The van der Waals surface area contributed by atoms with Gasteiger partial charge in [0.05, 0.1) is 0 Å². The first-order valence-corrected chi connectivity index (χ1v) is 9.78. The van der Waals surface area contributed by atoms with Crippen LogP contribution < -0.4 is 5.73 Å². The van der Waals surface area contributed by atoms with Gasteiger partial charge in [-0.05, 0) is 80.6 Å². The molecule has 2 aromatic rings. The first kappa shape index (κ1) is 20.2. The molecule has 1 aromatic carbocycles. The van der Waals surface area contributed by atoms with Crippen LogP contribution in [0.25, 0.3) is 5.57 Å². The Morgan fingerprint density at radius 2 is 2.14 bits per heavy atom. The molecule has 1 heterocycles. The molecule has 1 atom stereocenters. The van der Waals surface area contributed by atoms with Crippen molar-refractivity contribution in [1.82, 2.24) is 25.5 Å². The standard InChI is InChI=1S/C21H30N6O/c1-21(2)10-7-14(8-11-21)18-13-15(5-6-17(18)19(22)28)16(9-12-27(3)4)20-23-25-26-24-20/h5-7,13,16H,8-12H2,1-4H3,(H2,22,28)(H,23,24,25,26). The van der Waals surface area contributed by atoms with Crippen molar-refractivity contribution in [1.29, 1.82) is 0 Å². The molecule has 1 amide bonds. The number of carbonyl (C=O) groups is 1. The molecule has 1 aliphatic carbocycles. The number of nitrogens with two attached hydrogens (primary N) is 1. The average Bonchev–Trinajstić information content (AvgIpc) is 3.16. The SMILES string of the molecule is CN(C)CCC(c1ccc(C(N)=O)c(C2=CCC(C)(C)CC2)c1)c1nn[nH]n1. The van der Waals surface area contributed by atoms with Crippen molar-refractivity contribution in [2.24, 2.45) is 11.1 Å². The highest BCUT2D eigenvalue weighted by Crippen LogP contribution is 2.39. The number of aromatic nitrogens is 4. The zero-order valence-electron chi connectivity index (χ0n) is 17.2. The quantitative estimate of drug-likeness (QED) is 0.767. The Balaban J connectivity index is 2.01. The van der Waals surface area contributed by atoms with E-state index in [9.17, 15) is 4.79 Å². The van der Waals surface area contributed by atoms with Crippen LogP contribution in [-0.4, -0.2) is 52.1 Å². The largest absolute Gasteiger partial charge is 0.366 e. The fourth-order valence-corrected chi connectivity index (χ4v) is 3.73. The summed E-state index contributed by atoms with van der Waals surface area (Å²) in [5, 5.41) is 14.7. The predicted molar refractivity (Wildman–Crippen MR) is 110 cm³/mol. The van der Waals surface area contributed by atoms with Crippen LogP contribution in [-0.2, 0) is 0 Å². The van der Waals surface area contributed by atoms with Crippen molar-refractivity contribution in [3.05, 3.63) is 46.8 Å². The Morgan fingerprint density at radius 1 is 1.36 bits per heavy atom. The van der Waals surface area contributed by atoms with E-state index < -0.39 is 5.91 Å². The molecule has 3 rings (SSSR count). The lowest BCUT2D eigenvalue weighted by atomic mass is 9.76. The van der Waals surface area contributed by atoms with Crippen molar-refractivity contribution < 1.29 is 4.79 Å². The Bertz CT molecular complexity index is 854. The van der Waals surface area contributed by atoms with Gasteiger partial charge in [0.25, 0.3) is 0 Å². The fraction of sp³-hybridized carbons (Fsp3) is 0.524. The van der Waals surface area contributed by atoms with Crippen LogP contribution in [0.5, 0.6) is 0 Å². The van der Waals surface area contributed by atoms with Gasteiger partial charge in [0.2, 0.25) is 5.91 Å². The molecule has 0 fully saturated rings. The molecule has 150 valence electrons. The van der Waals surface area contributed by atoms with Gasteiger partial charge >= 0.3 is 0 Å². The van der Waals surface area contributed by atoms with Gasteiger partial charge in [0.15, 0.2) is 5.82 Å². The highest BCUT2D eigenvalue weighted by atomic mass is 16.1. The van der Waals surface area contributed by atoms with Gasteiger partial charge in [-0.3, -0.25) is 4.79 Å². The normalized spacial score (nSPS) is 17.4. The lowest BCUT2D eigenvalue weighted by molar-refractivity contribution is 0.1000. The number of allylic oxidation sites excluding steroid dienone is 2. The van der Waals surface area contributed by atoms with Crippen LogP contribution >= 0.6 is 0 Å². The number of primary amides is 1. The zero-order chi connectivity index (χ0) is 20.3. The van der Waals surface area contributed by atoms with E-state index >= 15 is 0 Å². The van der Waals surface area contributed by atoms with E-state index in [1.807, 2.05) is 26.2 Å². The molecule has 7 nitrogen and oxygen atoms in total. The smallest absolute Gasteiger partial charge is 0.249 e. The van der Waals surface area contributed by atoms with E-state index in [-0.39, 0.29) is 5.92 Å². The van der Waals surface area contributed by atoms with Crippen molar-refractivity contribution in [3.63, 3.8) is 0 Å². The number of nitrogens with one attached hydrogen (secondary N) is 1. The van der Waals surface area contributed by atoms with E-state index in [4.69, 9.17) is 5.73 Å². The molecule has 28 heavy (non-hydrogen) atoms. The maximum absolute atomic E-state index is 12.1. The summed E-state index contributed by atoms with van der Waals surface area (Å²) in [5.41, 5.74) is 9.78. The van der Waals surface area contributed by atoms with Crippen molar-refractivity contribution in [2.75, 3.05) is 20.6 Å². The Morgan fingerprint density at radius 3 is 2.71 bits per heavy atom. The molecule has 0 aliphatic heterocycles. The van der Waals surface area contributed by atoms with Crippen LogP contribution in [0.2, 0.25) is 0 Å². The Labute approximate surface area is 166 Å². The number of amides is 1. The molecule has 3 N–H and O–H groups in total. The summed E-state index contributed by atoms with van der Waals surface area (Å²) >= 11 is 0. The number of rotatable bonds is 7. The third-order valence-electron chi connectivity index (χ3n) is 5.57. The molecular weight excluding hydrogens is 352 g/mol. The second kappa shape index (κ2) is 8.22. The Hall–Kier alpha value is -2.54. The van der Waals surface area contributed by atoms with Gasteiger partial charge in [-0.2, -0.15) is 5.21 Å². The average molecular weight is 383 g/mol. The van der Waals surface area contributed by atoms with Crippen molar-refractivity contribution in [3.8, 4) is 0 Å². The molecule has 1 unspecified atom stereocenters. The van der Waals surface area contributed by atoms with Gasteiger partial charge in [0.1, 0.15) is 0 Å². The maximum Gasteiger partial charge on any atom is 0.249 e. The molecule has 1 aliphatic rings.